The van der Waals surface area contributed by atoms with Crippen LogP contribution in [0.25, 0.3) is 0 Å². The van der Waals surface area contributed by atoms with Gasteiger partial charge in [0.05, 0.1) is 13.2 Å². The molecule has 0 bridgehead atoms. The van der Waals surface area contributed by atoms with Crippen LogP contribution in [0, 0.1) is 5.92 Å². The van der Waals surface area contributed by atoms with Gasteiger partial charge in [-0.15, -0.1) is 0 Å². The molecule has 0 spiro atoms. The van der Waals surface area contributed by atoms with Gasteiger partial charge >= 0.3 is 11.9 Å². The predicted octanol–water partition coefficient (Wildman–Crippen LogP) is 1.11. The fourth-order valence-electron chi connectivity index (χ4n) is 1.57. The van der Waals surface area contributed by atoms with Crippen molar-refractivity contribution >= 4 is 17.7 Å². The first kappa shape index (κ1) is 17.6. The Morgan fingerprint density at radius 3 is 1.63 bits per heavy atom. The Morgan fingerprint density at radius 1 is 0.842 bits per heavy atom. The maximum absolute atomic E-state index is 12.2. The summed E-state index contributed by atoms with van der Waals surface area (Å²) in [4.78, 5) is 35.6. The van der Waals surface area contributed by atoms with E-state index in [1.165, 1.54) is 0 Å². The molecule has 0 rings (SSSR count). The van der Waals surface area contributed by atoms with Crippen LogP contribution in [0.5, 0.6) is 0 Å². The van der Waals surface area contributed by atoms with E-state index >= 15 is 0 Å². The molecule has 0 N–H and O–H groups in total. The maximum Gasteiger partial charge on any atom is 0.328 e. The summed E-state index contributed by atoms with van der Waals surface area (Å²) in [7, 11) is 0. The van der Waals surface area contributed by atoms with E-state index < -0.39 is 29.7 Å². The van der Waals surface area contributed by atoms with Gasteiger partial charge in [0.25, 0.3) is 0 Å². The molecule has 1 atom stereocenters. The number of ketones is 1. The van der Waals surface area contributed by atoms with Crippen LogP contribution in [-0.2, 0) is 28.6 Å². The van der Waals surface area contributed by atoms with E-state index in [0.717, 1.165) is 0 Å². The Hall–Kier alpha value is -1.43. The summed E-state index contributed by atoms with van der Waals surface area (Å²) in [5.74, 6) is -3.94. The fraction of sp³-hybridized carbons (Fsp3) is 0.769. The monoisotopic (exact) mass is 274 g/mol. The van der Waals surface area contributed by atoms with Gasteiger partial charge in [-0.3, -0.25) is 14.4 Å². The molecule has 0 amide bonds. The second-order valence-electron chi connectivity index (χ2n) is 3.69. The van der Waals surface area contributed by atoms with Gasteiger partial charge in [-0.05, 0) is 27.2 Å². The molecule has 0 aliphatic carbocycles. The number of hydrogen-bond donors (Lipinski definition) is 0. The van der Waals surface area contributed by atoms with E-state index in [2.05, 4.69) is 0 Å². The van der Waals surface area contributed by atoms with Crippen LogP contribution in [0.2, 0.25) is 0 Å². The van der Waals surface area contributed by atoms with Gasteiger partial charge in [0.15, 0.2) is 5.78 Å². The molecule has 0 saturated heterocycles. The van der Waals surface area contributed by atoms with Crippen LogP contribution in [0.3, 0.4) is 0 Å². The molecular weight excluding hydrogens is 252 g/mol. The van der Waals surface area contributed by atoms with E-state index in [4.69, 9.17) is 14.2 Å². The van der Waals surface area contributed by atoms with Crippen LogP contribution in [0.4, 0.5) is 0 Å². The molecule has 110 valence electrons. The van der Waals surface area contributed by atoms with E-state index in [1.807, 2.05) is 0 Å². The van der Waals surface area contributed by atoms with Gasteiger partial charge < -0.3 is 14.2 Å². The van der Waals surface area contributed by atoms with Crippen molar-refractivity contribution in [3.63, 3.8) is 0 Å². The van der Waals surface area contributed by atoms with E-state index in [9.17, 15) is 14.4 Å². The Kier molecular flexibility index (Phi) is 8.78. The third-order valence-electron chi connectivity index (χ3n) is 2.39. The largest absolute Gasteiger partial charge is 0.465 e. The lowest BCUT2D eigenvalue weighted by Gasteiger charge is -2.19. The van der Waals surface area contributed by atoms with Gasteiger partial charge in [0, 0.05) is 6.61 Å². The van der Waals surface area contributed by atoms with E-state index in [1.54, 1.807) is 27.7 Å². The Balaban J connectivity index is 5.04. The minimum Gasteiger partial charge on any atom is -0.465 e. The first-order chi connectivity index (χ1) is 9.03. The lowest BCUT2D eigenvalue weighted by molar-refractivity contribution is -0.166. The van der Waals surface area contributed by atoms with Crippen molar-refractivity contribution < 1.29 is 28.6 Å². The molecule has 0 aromatic rings. The summed E-state index contributed by atoms with van der Waals surface area (Å²) in [6.07, 6.45) is -0.425. The molecule has 0 aromatic carbocycles. The third-order valence-corrected chi connectivity index (χ3v) is 2.39. The standard InChI is InChI=1S/C13H22O6/c1-5-9(17-6-2)11(14)10(12(15)18-7-3)13(16)19-8-4/h9-10H,5-8H2,1-4H3. The highest BCUT2D eigenvalue weighted by molar-refractivity contribution is 6.16. The number of carbonyl (C=O) groups is 3. The van der Waals surface area contributed by atoms with Crippen LogP contribution >= 0.6 is 0 Å². The zero-order valence-corrected chi connectivity index (χ0v) is 11.9. The lowest BCUT2D eigenvalue weighted by atomic mass is 9.98. The summed E-state index contributed by atoms with van der Waals surface area (Å²) < 4.78 is 14.7. The summed E-state index contributed by atoms with van der Waals surface area (Å²) in [6, 6.07) is 0. The van der Waals surface area contributed by atoms with Crippen molar-refractivity contribution in [3.05, 3.63) is 0 Å². The van der Waals surface area contributed by atoms with Crippen LogP contribution in [0.15, 0.2) is 0 Å². The highest BCUT2D eigenvalue weighted by Crippen LogP contribution is 2.13. The molecule has 0 radical (unpaired) electrons. The van der Waals surface area contributed by atoms with Gasteiger partial charge in [-0.2, -0.15) is 0 Å². The Morgan fingerprint density at radius 2 is 1.32 bits per heavy atom. The number of carbonyl (C=O) groups excluding carboxylic acids is 3. The third kappa shape index (κ3) is 5.38. The van der Waals surface area contributed by atoms with E-state index in [0.29, 0.717) is 13.0 Å². The molecule has 0 saturated carbocycles. The summed E-state index contributed by atoms with van der Waals surface area (Å²) in [5, 5.41) is 0. The quantitative estimate of drug-likeness (QED) is 0.463. The first-order valence-corrected chi connectivity index (χ1v) is 6.51. The molecular formula is C13H22O6. The summed E-state index contributed by atoms with van der Waals surface area (Å²) in [6.45, 7) is 7.18. The molecule has 1 unspecified atom stereocenters. The second kappa shape index (κ2) is 9.49. The molecule has 6 heteroatoms. The van der Waals surface area contributed by atoms with Crippen LogP contribution in [0.1, 0.15) is 34.1 Å². The molecule has 0 fully saturated rings. The molecule has 0 aliphatic heterocycles. The van der Waals surface area contributed by atoms with Crippen LogP contribution in [-0.4, -0.2) is 43.6 Å². The fourth-order valence-corrected chi connectivity index (χ4v) is 1.57. The number of ether oxygens (including phenoxy) is 3. The van der Waals surface area contributed by atoms with E-state index in [-0.39, 0.29) is 13.2 Å². The minimum absolute atomic E-state index is 0.0907. The minimum atomic E-state index is -1.56. The smallest absolute Gasteiger partial charge is 0.328 e. The molecule has 0 heterocycles. The lowest BCUT2D eigenvalue weighted by Crippen LogP contribution is -2.41. The van der Waals surface area contributed by atoms with Crippen molar-refractivity contribution in [2.45, 2.75) is 40.2 Å². The maximum atomic E-state index is 12.2. The highest BCUT2D eigenvalue weighted by Gasteiger charge is 2.40. The Bertz CT molecular complexity index is 294. The number of esters is 2. The number of rotatable bonds is 9. The van der Waals surface area contributed by atoms with Gasteiger partial charge in [-0.25, -0.2) is 0 Å². The summed E-state index contributed by atoms with van der Waals surface area (Å²) >= 11 is 0. The second-order valence-corrected chi connectivity index (χ2v) is 3.69. The van der Waals surface area contributed by atoms with Crippen LogP contribution < -0.4 is 0 Å². The molecule has 6 nitrogen and oxygen atoms in total. The van der Waals surface area contributed by atoms with Crippen molar-refractivity contribution in [1.29, 1.82) is 0 Å². The van der Waals surface area contributed by atoms with Gasteiger partial charge in [0.1, 0.15) is 6.10 Å². The normalized spacial score (nSPS) is 12.1. The zero-order chi connectivity index (χ0) is 14.8. The number of hydrogen-bond acceptors (Lipinski definition) is 6. The average molecular weight is 274 g/mol. The van der Waals surface area contributed by atoms with Crippen molar-refractivity contribution in [3.8, 4) is 0 Å². The SMILES string of the molecule is CCOC(=O)C(C(=O)OCC)C(=O)C(CC)OCC. The number of Topliss-reactive ketones (excluding diaryl/α,β-unsaturated/α-hetero) is 1. The van der Waals surface area contributed by atoms with Gasteiger partial charge in [0.2, 0.25) is 5.92 Å². The van der Waals surface area contributed by atoms with Crippen molar-refractivity contribution in [2.75, 3.05) is 19.8 Å². The molecule has 0 aromatic heterocycles. The predicted molar refractivity (Wildman–Crippen MR) is 67.5 cm³/mol. The van der Waals surface area contributed by atoms with Gasteiger partial charge in [-0.1, -0.05) is 6.92 Å². The van der Waals surface area contributed by atoms with Crippen molar-refractivity contribution in [2.24, 2.45) is 5.92 Å². The zero-order valence-electron chi connectivity index (χ0n) is 11.9. The first-order valence-electron chi connectivity index (χ1n) is 6.51. The molecule has 19 heavy (non-hydrogen) atoms. The topological polar surface area (TPSA) is 78.9 Å². The Labute approximate surface area is 113 Å². The van der Waals surface area contributed by atoms with Crippen molar-refractivity contribution in [1.82, 2.24) is 0 Å². The molecule has 0 aliphatic rings. The average Bonchev–Trinajstić information content (AvgIpc) is 2.36. The highest BCUT2D eigenvalue weighted by atomic mass is 16.6. The summed E-state index contributed by atoms with van der Waals surface area (Å²) in [5.41, 5.74) is 0.